The first kappa shape index (κ1) is 10.5. The van der Waals surface area contributed by atoms with E-state index in [0.29, 0.717) is 36.7 Å². The Labute approximate surface area is 96.5 Å². The van der Waals surface area contributed by atoms with Crippen molar-refractivity contribution in [3.05, 3.63) is 22.2 Å². The molecule has 0 amide bonds. The van der Waals surface area contributed by atoms with E-state index in [1.165, 1.54) is 0 Å². The van der Waals surface area contributed by atoms with E-state index in [4.69, 9.17) is 9.47 Å². The van der Waals surface area contributed by atoms with Gasteiger partial charge in [-0.25, -0.2) is 0 Å². The molecule has 0 spiro atoms. The van der Waals surface area contributed by atoms with Gasteiger partial charge in [0.2, 0.25) is 0 Å². The Balaban J connectivity index is 2.44. The van der Waals surface area contributed by atoms with Crippen LogP contribution in [0.25, 0.3) is 0 Å². The van der Waals surface area contributed by atoms with E-state index < -0.39 is 0 Å². The second-order valence-corrected chi connectivity index (χ2v) is 4.11. The molecule has 0 unspecified atom stereocenters. The first-order valence-corrected chi connectivity index (χ1v) is 5.64. The monoisotopic (exact) mass is 270 g/mol. The summed E-state index contributed by atoms with van der Waals surface area (Å²) in [5.41, 5.74) is 0.654. The molecule has 0 N–H and O–H groups in total. The molecule has 3 nitrogen and oxygen atoms in total. The first-order valence-electron chi connectivity index (χ1n) is 4.84. The highest BCUT2D eigenvalue weighted by Crippen LogP contribution is 2.35. The van der Waals surface area contributed by atoms with Gasteiger partial charge in [-0.15, -0.1) is 0 Å². The highest BCUT2D eigenvalue weighted by molar-refractivity contribution is 9.10. The number of carbonyl (C=O) groups is 1. The lowest BCUT2D eigenvalue weighted by Gasteiger charge is -2.19. The third-order valence-corrected chi connectivity index (χ3v) is 2.91. The number of hydrogen-bond donors (Lipinski definition) is 0. The molecule has 0 radical (unpaired) electrons. The first-order chi connectivity index (χ1) is 7.22. The lowest BCUT2D eigenvalue weighted by atomic mass is 10.1. The number of hydrogen-bond acceptors (Lipinski definition) is 3. The fraction of sp³-hybridized carbons (Fsp3) is 0.364. The van der Waals surface area contributed by atoms with Gasteiger partial charge >= 0.3 is 0 Å². The molecule has 0 saturated carbocycles. The third-order valence-electron chi connectivity index (χ3n) is 2.25. The van der Waals surface area contributed by atoms with Gasteiger partial charge in [0.05, 0.1) is 0 Å². The smallest absolute Gasteiger partial charge is 0.163 e. The Bertz CT molecular complexity index is 401. The summed E-state index contributed by atoms with van der Waals surface area (Å²) in [6, 6.07) is 3.53. The van der Waals surface area contributed by atoms with Crippen molar-refractivity contribution in [3.63, 3.8) is 0 Å². The summed E-state index contributed by atoms with van der Waals surface area (Å²) in [7, 11) is 0. The highest BCUT2D eigenvalue weighted by Gasteiger charge is 2.17. The number of Topliss-reactive ketones (excluding diaryl/α,β-unsaturated/α-hetero) is 1. The molecule has 0 aliphatic carbocycles. The largest absolute Gasteiger partial charge is 0.486 e. The quantitative estimate of drug-likeness (QED) is 0.776. The van der Waals surface area contributed by atoms with Crippen molar-refractivity contribution in [3.8, 4) is 11.5 Å². The van der Waals surface area contributed by atoms with E-state index >= 15 is 0 Å². The van der Waals surface area contributed by atoms with Gasteiger partial charge in [0.15, 0.2) is 17.3 Å². The van der Waals surface area contributed by atoms with E-state index in [1.54, 1.807) is 12.1 Å². The van der Waals surface area contributed by atoms with Crippen LogP contribution in [0.5, 0.6) is 11.5 Å². The molecule has 15 heavy (non-hydrogen) atoms. The Morgan fingerprint density at radius 1 is 1.33 bits per heavy atom. The van der Waals surface area contributed by atoms with Crippen LogP contribution in [0.15, 0.2) is 16.6 Å². The van der Waals surface area contributed by atoms with Crippen LogP contribution in [0.2, 0.25) is 0 Å². The minimum atomic E-state index is 0.0962. The molecule has 4 heteroatoms. The van der Waals surface area contributed by atoms with E-state index in [2.05, 4.69) is 15.9 Å². The van der Waals surface area contributed by atoms with Gasteiger partial charge < -0.3 is 9.47 Å². The van der Waals surface area contributed by atoms with Crippen LogP contribution >= 0.6 is 15.9 Å². The van der Waals surface area contributed by atoms with Gasteiger partial charge in [0.25, 0.3) is 0 Å². The van der Waals surface area contributed by atoms with E-state index in [-0.39, 0.29) is 5.78 Å². The fourth-order valence-electron chi connectivity index (χ4n) is 1.47. The molecule has 0 fully saturated rings. The molecule has 1 aromatic rings. The Kier molecular flexibility index (Phi) is 2.95. The summed E-state index contributed by atoms with van der Waals surface area (Å²) in [5.74, 6) is 1.45. The number of carbonyl (C=O) groups excluding carboxylic acids is 1. The minimum absolute atomic E-state index is 0.0962. The van der Waals surface area contributed by atoms with Crippen molar-refractivity contribution in [1.29, 1.82) is 0 Å². The maximum Gasteiger partial charge on any atom is 0.163 e. The molecule has 1 heterocycles. The summed E-state index contributed by atoms with van der Waals surface area (Å²) in [6.45, 7) is 2.93. The molecular formula is C11H11BrO3. The molecular weight excluding hydrogens is 260 g/mol. The molecule has 2 rings (SSSR count). The predicted octanol–water partition coefficient (Wildman–Crippen LogP) is 2.81. The normalized spacial score (nSPS) is 13.7. The predicted molar refractivity (Wildman–Crippen MR) is 59.8 cm³/mol. The molecule has 0 bridgehead atoms. The zero-order valence-corrected chi connectivity index (χ0v) is 9.96. The Hall–Kier alpha value is -1.03. The number of ether oxygens (including phenoxy) is 2. The van der Waals surface area contributed by atoms with Crippen molar-refractivity contribution in [2.45, 2.75) is 13.3 Å². The van der Waals surface area contributed by atoms with Gasteiger partial charge in [-0.2, -0.15) is 0 Å². The lowest BCUT2D eigenvalue weighted by Crippen LogP contribution is -2.16. The number of halogens is 1. The fourth-order valence-corrected chi connectivity index (χ4v) is 2.01. The second-order valence-electron chi connectivity index (χ2n) is 3.25. The summed E-state index contributed by atoms with van der Waals surface area (Å²) in [6.07, 6.45) is 0.484. The van der Waals surface area contributed by atoms with Gasteiger partial charge in [-0.1, -0.05) is 6.92 Å². The standard InChI is InChI=1S/C11H11BrO3/c1-2-9(13)7-5-10-11(6-8(7)12)15-4-3-14-10/h5-6H,2-4H2,1H3. The highest BCUT2D eigenvalue weighted by atomic mass is 79.9. The number of rotatable bonds is 2. The van der Waals surface area contributed by atoms with E-state index in [9.17, 15) is 4.79 Å². The van der Waals surface area contributed by atoms with Crippen LogP contribution in [-0.4, -0.2) is 19.0 Å². The van der Waals surface area contributed by atoms with Gasteiger partial charge in [-0.05, 0) is 28.1 Å². The minimum Gasteiger partial charge on any atom is -0.486 e. The third kappa shape index (κ3) is 2.00. The molecule has 80 valence electrons. The van der Waals surface area contributed by atoms with Crippen molar-refractivity contribution < 1.29 is 14.3 Å². The average molecular weight is 271 g/mol. The van der Waals surface area contributed by atoms with E-state index in [0.717, 1.165) is 4.47 Å². The summed E-state index contributed by atoms with van der Waals surface area (Å²) in [5, 5.41) is 0. The van der Waals surface area contributed by atoms with Crippen molar-refractivity contribution >= 4 is 21.7 Å². The molecule has 0 atom stereocenters. The van der Waals surface area contributed by atoms with E-state index in [1.807, 2.05) is 6.92 Å². The SMILES string of the molecule is CCC(=O)c1cc2c(cc1Br)OCCO2. The number of ketones is 1. The molecule has 1 aliphatic rings. The van der Waals surface area contributed by atoms with Crippen LogP contribution < -0.4 is 9.47 Å². The molecule has 0 aromatic heterocycles. The van der Waals surface area contributed by atoms with Crippen LogP contribution in [-0.2, 0) is 0 Å². The van der Waals surface area contributed by atoms with Crippen molar-refractivity contribution in [1.82, 2.24) is 0 Å². The van der Waals surface area contributed by atoms with Crippen molar-refractivity contribution in [2.24, 2.45) is 0 Å². The maximum absolute atomic E-state index is 11.6. The van der Waals surface area contributed by atoms with Crippen LogP contribution in [0, 0.1) is 0 Å². The lowest BCUT2D eigenvalue weighted by molar-refractivity contribution is 0.0986. The maximum atomic E-state index is 11.6. The Morgan fingerprint density at radius 3 is 2.53 bits per heavy atom. The zero-order valence-electron chi connectivity index (χ0n) is 8.38. The summed E-state index contributed by atoms with van der Waals surface area (Å²) < 4.78 is 11.6. The molecule has 1 aliphatic heterocycles. The summed E-state index contributed by atoms with van der Waals surface area (Å²) >= 11 is 3.36. The van der Waals surface area contributed by atoms with Crippen LogP contribution in [0.4, 0.5) is 0 Å². The number of fused-ring (bicyclic) bond motifs is 1. The van der Waals surface area contributed by atoms with Gasteiger partial charge in [0, 0.05) is 16.5 Å². The topological polar surface area (TPSA) is 35.5 Å². The van der Waals surface area contributed by atoms with Crippen LogP contribution in [0.3, 0.4) is 0 Å². The molecule has 0 saturated heterocycles. The van der Waals surface area contributed by atoms with Gasteiger partial charge in [-0.3, -0.25) is 4.79 Å². The zero-order chi connectivity index (χ0) is 10.8. The summed E-state index contributed by atoms with van der Waals surface area (Å²) in [4.78, 5) is 11.6. The number of benzene rings is 1. The van der Waals surface area contributed by atoms with Crippen LogP contribution in [0.1, 0.15) is 23.7 Å². The second kappa shape index (κ2) is 4.23. The van der Waals surface area contributed by atoms with Crippen molar-refractivity contribution in [2.75, 3.05) is 13.2 Å². The molecule has 1 aromatic carbocycles. The average Bonchev–Trinajstić information content (AvgIpc) is 2.27. The van der Waals surface area contributed by atoms with Gasteiger partial charge in [0.1, 0.15) is 13.2 Å². The Morgan fingerprint density at radius 2 is 1.93 bits per heavy atom.